The number of benzene rings is 1. The highest BCUT2D eigenvalue weighted by molar-refractivity contribution is 5.55. The van der Waals surface area contributed by atoms with Crippen molar-refractivity contribution >= 4 is 0 Å². The van der Waals surface area contributed by atoms with Gasteiger partial charge in [-0.3, -0.25) is 9.80 Å². The van der Waals surface area contributed by atoms with Crippen molar-refractivity contribution < 1.29 is 22.2 Å². The summed E-state index contributed by atoms with van der Waals surface area (Å²) in [5.41, 5.74) is -0.474. The molecule has 8 nitrogen and oxygen atoms in total. The van der Waals surface area contributed by atoms with Crippen molar-refractivity contribution in [1.82, 2.24) is 30.1 Å². The third-order valence-electron chi connectivity index (χ3n) is 5.85. The van der Waals surface area contributed by atoms with Crippen LogP contribution in [0.4, 0.5) is 13.2 Å². The molecule has 4 rings (SSSR count). The molecule has 0 spiro atoms. The molecule has 1 aliphatic heterocycles. The number of hydrogen-bond acceptors (Lipinski definition) is 8. The van der Waals surface area contributed by atoms with Gasteiger partial charge < -0.3 is 9.05 Å². The van der Waals surface area contributed by atoms with Crippen LogP contribution in [0.5, 0.6) is 0 Å². The molecule has 3 heterocycles. The van der Waals surface area contributed by atoms with Gasteiger partial charge in [0.25, 0.3) is 0 Å². The van der Waals surface area contributed by atoms with Gasteiger partial charge in [0.15, 0.2) is 5.82 Å². The highest BCUT2D eigenvalue weighted by atomic mass is 19.4. The highest BCUT2D eigenvalue weighted by Crippen LogP contribution is 2.32. The number of rotatable bonds is 6. The van der Waals surface area contributed by atoms with E-state index >= 15 is 0 Å². The van der Waals surface area contributed by atoms with Gasteiger partial charge in [0.1, 0.15) is 0 Å². The maximum Gasteiger partial charge on any atom is 0.416 e. The van der Waals surface area contributed by atoms with E-state index in [1.165, 1.54) is 12.1 Å². The van der Waals surface area contributed by atoms with Gasteiger partial charge >= 0.3 is 6.18 Å². The van der Waals surface area contributed by atoms with Crippen LogP contribution < -0.4 is 0 Å². The molecule has 0 amide bonds. The van der Waals surface area contributed by atoms with Crippen LogP contribution in [0, 0.1) is 0 Å². The van der Waals surface area contributed by atoms with Crippen LogP contribution in [0.1, 0.15) is 56.0 Å². The van der Waals surface area contributed by atoms with Crippen LogP contribution in [-0.2, 0) is 12.6 Å². The van der Waals surface area contributed by atoms with Gasteiger partial charge in [-0.1, -0.05) is 29.4 Å². The van der Waals surface area contributed by atoms with Gasteiger partial charge in [0.05, 0.1) is 17.6 Å². The lowest BCUT2D eigenvalue weighted by atomic mass is 10.1. The molecule has 11 heteroatoms. The zero-order valence-electron chi connectivity index (χ0n) is 18.1. The minimum Gasteiger partial charge on any atom is -0.338 e. The average molecular weight is 450 g/mol. The number of aryl methyl sites for hydroxylation is 1. The second-order valence-electron chi connectivity index (χ2n) is 7.86. The van der Waals surface area contributed by atoms with E-state index in [0.717, 1.165) is 44.7 Å². The summed E-state index contributed by atoms with van der Waals surface area (Å²) < 4.78 is 49.7. The van der Waals surface area contributed by atoms with E-state index < -0.39 is 11.7 Å². The first-order valence-electron chi connectivity index (χ1n) is 10.6. The van der Waals surface area contributed by atoms with Crippen LogP contribution in [-0.4, -0.2) is 56.3 Å². The molecule has 1 fully saturated rings. The molecule has 0 bridgehead atoms. The number of halogens is 3. The fraction of sp³-hybridized carbons (Fsp3) is 0.524. The summed E-state index contributed by atoms with van der Waals surface area (Å²) in [5.74, 6) is 1.84. The Labute approximate surface area is 183 Å². The van der Waals surface area contributed by atoms with E-state index in [-0.39, 0.29) is 23.5 Å². The quantitative estimate of drug-likeness (QED) is 0.554. The van der Waals surface area contributed by atoms with Crippen LogP contribution in [0.3, 0.4) is 0 Å². The van der Waals surface area contributed by atoms with E-state index in [0.29, 0.717) is 17.6 Å². The molecule has 1 aromatic carbocycles. The third-order valence-corrected chi connectivity index (χ3v) is 5.85. The largest absolute Gasteiger partial charge is 0.416 e. The van der Waals surface area contributed by atoms with Gasteiger partial charge in [0.2, 0.25) is 17.6 Å². The molecule has 0 saturated carbocycles. The highest BCUT2D eigenvalue weighted by Gasteiger charge is 2.32. The molecule has 172 valence electrons. The summed E-state index contributed by atoms with van der Waals surface area (Å²) in [4.78, 5) is 13.3. The molecule has 1 aliphatic rings. The Morgan fingerprint density at radius 1 is 0.938 bits per heavy atom. The first-order chi connectivity index (χ1) is 15.3. The van der Waals surface area contributed by atoms with Crippen LogP contribution >= 0.6 is 0 Å². The summed E-state index contributed by atoms with van der Waals surface area (Å²) in [5, 5.41) is 7.87. The normalized spacial score (nSPS) is 18.1. The van der Waals surface area contributed by atoms with E-state index in [1.54, 1.807) is 0 Å². The number of hydrogen-bond donors (Lipinski definition) is 0. The maximum absolute atomic E-state index is 13.0. The van der Waals surface area contributed by atoms with Gasteiger partial charge in [0, 0.05) is 38.2 Å². The van der Waals surface area contributed by atoms with E-state index in [9.17, 15) is 13.2 Å². The molecule has 0 N–H and O–H groups in total. The summed E-state index contributed by atoms with van der Waals surface area (Å²) in [6.07, 6.45) is -3.69. The van der Waals surface area contributed by atoms with Crippen LogP contribution in [0.15, 0.2) is 33.3 Å². The second kappa shape index (κ2) is 8.99. The predicted octanol–water partition coefficient (Wildman–Crippen LogP) is 4.14. The summed E-state index contributed by atoms with van der Waals surface area (Å²) in [6.45, 7) is 9.10. The first kappa shape index (κ1) is 22.4. The zero-order chi connectivity index (χ0) is 22.9. The van der Waals surface area contributed by atoms with E-state index in [1.807, 2.05) is 20.8 Å². The summed E-state index contributed by atoms with van der Waals surface area (Å²) in [6, 6.07) is 4.79. The van der Waals surface area contributed by atoms with Gasteiger partial charge in [-0.25, -0.2) is 0 Å². The standard InChI is InChI=1S/C21H25F3N6O2/c1-4-17-25-19(31-27-17)13(2)29-8-10-30(11-9-29)14(3)20-26-18(28-32-20)15-6-5-7-16(12-15)21(22,23)24/h5-7,12-14H,4,8-11H2,1-3H3. The predicted molar refractivity (Wildman–Crippen MR) is 108 cm³/mol. The monoisotopic (exact) mass is 450 g/mol. The minimum atomic E-state index is -4.42. The Morgan fingerprint density at radius 3 is 2.09 bits per heavy atom. The van der Waals surface area contributed by atoms with E-state index in [2.05, 4.69) is 30.1 Å². The summed E-state index contributed by atoms with van der Waals surface area (Å²) >= 11 is 0. The average Bonchev–Trinajstić information content (AvgIpc) is 3.48. The third kappa shape index (κ3) is 4.68. The lowest BCUT2D eigenvalue weighted by Gasteiger charge is -2.38. The fourth-order valence-electron chi connectivity index (χ4n) is 3.76. The minimum absolute atomic E-state index is 0.0242. The molecule has 3 aromatic rings. The zero-order valence-corrected chi connectivity index (χ0v) is 18.1. The Morgan fingerprint density at radius 2 is 1.53 bits per heavy atom. The Bertz CT molecular complexity index is 1040. The number of piperazine rings is 1. The lowest BCUT2D eigenvalue weighted by molar-refractivity contribution is -0.137. The fourth-order valence-corrected chi connectivity index (χ4v) is 3.76. The Hall–Kier alpha value is -2.79. The molecule has 32 heavy (non-hydrogen) atoms. The SMILES string of the molecule is CCc1noc(C(C)N2CCN(C(C)c3nc(-c4cccc(C(F)(F)F)c4)no3)CC2)n1. The maximum atomic E-state index is 13.0. The number of nitrogens with zero attached hydrogens (tertiary/aromatic N) is 6. The van der Waals surface area contributed by atoms with Crippen LogP contribution in [0.25, 0.3) is 11.4 Å². The first-order valence-corrected chi connectivity index (χ1v) is 10.6. The molecule has 0 radical (unpaired) electrons. The van der Waals surface area contributed by atoms with Crippen molar-refractivity contribution in [2.24, 2.45) is 0 Å². The van der Waals surface area contributed by atoms with Crippen molar-refractivity contribution in [3.05, 3.63) is 47.4 Å². The van der Waals surface area contributed by atoms with Crippen LogP contribution in [0.2, 0.25) is 0 Å². The molecule has 0 aliphatic carbocycles. The number of alkyl halides is 3. The number of aromatic nitrogens is 4. The van der Waals surface area contributed by atoms with Crippen molar-refractivity contribution in [2.45, 2.75) is 45.5 Å². The van der Waals surface area contributed by atoms with Gasteiger partial charge in [-0.05, 0) is 26.0 Å². The molecular formula is C21H25F3N6O2. The Balaban J connectivity index is 1.39. The van der Waals surface area contributed by atoms with Crippen molar-refractivity contribution in [3.8, 4) is 11.4 Å². The molecule has 2 atom stereocenters. The topological polar surface area (TPSA) is 84.3 Å². The van der Waals surface area contributed by atoms with Gasteiger partial charge in [-0.15, -0.1) is 0 Å². The lowest BCUT2D eigenvalue weighted by Crippen LogP contribution is -2.47. The smallest absolute Gasteiger partial charge is 0.338 e. The second-order valence-corrected chi connectivity index (χ2v) is 7.86. The van der Waals surface area contributed by atoms with Crippen molar-refractivity contribution in [1.29, 1.82) is 0 Å². The summed E-state index contributed by atoms with van der Waals surface area (Å²) in [7, 11) is 0. The van der Waals surface area contributed by atoms with Crippen molar-refractivity contribution in [2.75, 3.05) is 26.2 Å². The molecule has 2 unspecified atom stereocenters. The molecule has 1 saturated heterocycles. The Kier molecular flexibility index (Phi) is 6.29. The molecule has 2 aromatic heterocycles. The van der Waals surface area contributed by atoms with Gasteiger partial charge in [-0.2, -0.15) is 23.1 Å². The van der Waals surface area contributed by atoms with Crippen molar-refractivity contribution in [3.63, 3.8) is 0 Å². The van der Waals surface area contributed by atoms with E-state index in [4.69, 9.17) is 9.05 Å². The molecular weight excluding hydrogens is 425 g/mol.